The van der Waals surface area contributed by atoms with Crippen molar-refractivity contribution >= 4 is 17.7 Å². The molecular formula is C44H36O8. The zero-order chi connectivity index (χ0) is 36.1. The van der Waals surface area contributed by atoms with Crippen molar-refractivity contribution in [2.24, 2.45) is 0 Å². The van der Waals surface area contributed by atoms with Crippen LogP contribution in [0.15, 0.2) is 152 Å². The van der Waals surface area contributed by atoms with E-state index in [2.05, 4.69) is 0 Å². The van der Waals surface area contributed by atoms with Crippen molar-refractivity contribution in [3.05, 3.63) is 196 Å². The molecule has 0 bridgehead atoms. The van der Waals surface area contributed by atoms with Crippen molar-refractivity contribution in [3.63, 3.8) is 0 Å². The lowest BCUT2D eigenvalue weighted by Gasteiger charge is -2.20. The van der Waals surface area contributed by atoms with Crippen LogP contribution < -0.4 is 14.2 Å². The van der Waals surface area contributed by atoms with E-state index in [9.17, 15) is 14.4 Å². The Morgan fingerprint density at radius 1 is 0.442 bits per heavy atom. The van der Waals surface area contributed by atoms with Crippen molar-refractivity contribution < 1.29 is 38.1 Å². The Hall–Kier alpha value is -6.67. The fourth-order valence-corrected chi connectivity index (χ4v) is 5.47. The van der Waals surface area contributed by atoms with Crippen LogP contribution in [0.1, 0.15) is 58.9 Å². The van der Waals surface area contributed by atoms with Crippen molar-refractivity contribution in [1.29, 1.82) is 0 Å². The highest BCUT2D eigenvalue weighted by Crippen LogP contribution is 2.38. The van der Waals surface area contributed by atoms with E-state index >= 15 is 0 Å². The van der Waals surface area contributed by atoms with Crippen LogP contribution in [0, 0.1) is 0 Å². The molecule has 0 saturated carbocycles. The Morgan fingerprint density at radius 2 is 0.865 bits per heavy atom. The van der Waals surface area contributed by atoms with Crippen LogP contribution in [0.2, 0.25) is 0 Å². The third-order valence-corrected chi connectivity index (χ3v) is 8.12. The lowest BCUT2D eigenvalue weighted by atomic mass is 9.94. The minimum Gasteiger partial charge on any atom is -0.496 e. The van der Waals surface area contributed by atoms with E-state index in [0.29, 0.717) is 0 Å². The number of ketones is 1. The Kier molecular flexibility index (Phi) is 11.7. The number of carbonyl (C=O) groups excluding carboxylic acids is 3. The minimum absolute atomic E-state index is 0.00117. The summed E-state index contributed by atoms with van der Waals surface area (Å²) in [6.45, 7) is 0.178. The van der Waals surface area contributed by atoms with E-state index in [1.165, 1.54) is 25.3 Å². The molecule has 0 saturated heterocycles. The van der Waals surface area contributed by atoms with Crippen LogP contribution >= 0.6 is 0 Å². The van der Waals surface area contributed by atoms with Crippen LogP contribution in [0.4, 0.5) is 0 Å². The number of methoxy groups -OCH3 is 1. The van der Waals surface area contributed by atoms with E-state index in [0.717, 1.165) is 22.3 Å². The van der Waals surface area contributed by atoms with Crippen molar-refractivity contribution in [1.82, 2.24) is 0 Å². The number of benzene rings is 6. The molecule has 0 unspecified atom stereocenters. The van der Waals surface area contributed by atoms with Gasteiger partial charge in [0.15, 0.2) is 0 Å². The number of hydrogen-bond donors (Lipinski definition) is 0. The maximum Gasteiger partial charge on any atom is 0.339 e. The van der Waals surface area contributed by atoms with E-state index in [1.807, 2.05) is 121 Å². The molecule has 52 heavy (non-hydrogen) atoms. The summed E-state index contributed by atoms with van der Waals surface area (Å²) in [6, 6.07) is 45.0. The molecule has 0 aliphatic heterocycles. The third-order valence-electron chi connectivity index (χ3n) is 8.12. The minimum atomic E-state index is -0.717. The smallest absolute Gasteiger partial charge is 0.339 e. The largest absolute Gasteiger partial charge is 0.496 e. The fraction of sp³-hybridized carbons (Fsp3) is 0.114. The van der Waals surface area contributed by atoms with Gasteiger partial charge in [-0.05, 0) is 46.5 Å². The van der Waals surface area contributed by atoms with E-state index in [1.54, 1.807) is 12.1 Å². The maximum absolute atomic E-state index is 14.9. The summed E-state index contributed by atoms with van der Waals surface area (Å²) >= 11 is 0. The van der Waals surface area contributed by atoms with Crippen LogP contribution in [0.5, 0.6) is 17.2 Å². The Labute approximate surface area is 302 Å². The van der Waals surface area contributed by atoms with Gasteiger partial charge in [0.2, 0.25) is 5.78 Å². The summed E-state index contributed by atoms with van der Waals surface area (Å²) < 4.78 is 29.6. The van der Waals surface area contributed by atoms with Gasteiger partial charge >= 0.3 is 11.9 Å². The highest BCUT2D eigenvalue weighted by atomic mass is 16.5. The monoisotopic (exact) mass is 692 g/mol. The first kappa shape index (κ1) is 35.2. The molecule has 0 heterocycles. The van der Waals surface area contributed by atoms with Crippen LogP contribution in [0.25, 0.3) is 0 Å². The molecule has 0 aliphatic rings. The number of hydrogen-bond acceptors (Lipinski definition) is 8. The Balaban J connectivity index is 1.43. The van der Waals surface area contributed by atoms with Crippen molar-refractivity contribution in [2.75, 3.05) is 7.11 Å². The first-order valence-electron chi connectivity index (χ1n) is 16.7. The quantitative estimate of drug-likeness (QED) is 0.0778. The molecule has 8 nitrogen and oxygen atoms in total. The predicted molar refractivity (Wildman–Crippen MR) is 196 cm³/mol. The van der Waals surface area contributed by atoms with E-state index in [-0.39, 0.29) is 65.9 Å². The van der Waals surface area contributed by atoms with Gasteiger partial charge in [0.1, 0.15) is 49.2 Å². The number of carbonyl (C=O) groups is 3. The highest BCUT2D eigenvalue weighted by Gasteiger charge is 2.30. The molecule has 0 spiro atoms. The summed E-state index contributed by atoms with van der Waals surface area (Å²) in [5.41, 5.74) is 3.31. The molecule has 0 atom stereocenters. The summed E-state index contributed by atoms with van der Waals surface area (Å²) in [6.07, 6.45) is 0. The Morgan fingerprint density at radius 3 is 1.31 bits per heavy atom. The van der Waals surface area contributed by atoms with Gasteiger partial charge in [-0.1, -0.05) is 127 Å². The average Bonchev–Trinajstić information content (AvgIpc) is 3.21. The molecule has 0 amide bonds. The highest BCUT2D eigenvalue weighted by molar-refractivity contribution is 6.19. The summed E-state index contributed by atoms with van der Waals surface area (Å²) in [5, 5.41) is 0. The van der Waals surface area contributed by atoms with Gasteiger partial charge in [-0.3, -0.25) is 4.79 Å². The Bertz CT molecular complexity index is 2050. The number of esters is 2. The molecule has 0 fully saturated rings. The fourth-order valence-electron chi connectivity index (χ4n) is 5.47. The van der Waals surface area contributed by atoms with Crippen molar-refractivity contribution in [2.45, 2.75) is 26.4 Å². The van der Waals surface area contributed by atoms with Gasteiger partial charge < -0.3 is 23.7 Å². The van der Waals surface area contributed by atoms with Gasteiger partial charge in [0, 0.05) is 0 Å². The van der Waals surface area contributed by atoms with Gasteiger partial charge in [0.05, 0.1) is 23.8 Å². The van der Waals surface area contributed by atoms with E-state index < -0.39 is 17.7 Å². The summed E-state index contributed by atoms with van der Waals surface area (Å²) in [5.74, 6) is -1.72. The first-order valence-corrected chi connectivity index (χ1v) is 16.7. The topological polar surface area (TPSA) is 97.4 Å². The predicted octanol–water partition coefficient (Wildman–Crippen LogP) is 8.80. The first-order chi connectivity index (χ1) is 25.5. The number of ether oxygens (including phenoxy) is 5. The molecule has 6 aromatic carbocycles. The van der Waals surface area contributed by atoms with Gasteiger partial charge in [-0.25, -0.2) is 9.59 Å². The van der Waals surface area contributed by atoms with Gasteiger partial charge in [0.25, 0.3) is 0 Å². The second kappa shape index (κ2) is 17.3. The normalized spacial score (nSPS) is 10.6. The van der Waals surface area contributed by atoms with E-state index in [4.69, 9.17) is 23.7 Å². The molecule has 0 radical (unpaired) electrons. The molecule has 6 aromatic rings. The molecule has 0 N–H and O–H groups in total. The zero-order valence-corrected chi connectivity index (χ0v) is 28.5. The SMILES string of the molecule is COc1cccc(C(=O)OCc2ccccc2)c1C(=O)c1c(OCc2ccccc2)cc(C(=O)OCc2ccccc2)cc1OCc1ccccc1. The second-order valence-electron chi connectivity index (χ2n) is 11.7. The number of rotatable bonds is 15. The average molecular weight is 693 g/mol. The lowest BCUT2D eigenvalue weighted by molar-refractivity contribution is 0.0463. The van der Waals surface area contributed by atoms with Gasteiger partial charge in [-0.2, -0.15) is 0 Å². The van der Waals surface area contributed by atoms with Crippen LogP contribution in [-0.2, 0) is 35.9 Å². The molecule has 260 valence electrons. The maximum atomic E-state index is 14.9. The second-order valence-corrected chi connectivity index (χ2v) is 11.7. The van der Waals surface area contributed by atoms with Crippen molar-refractivity contribution in [3.8, 4) is 17.2 Å². The zero-order valence-electron chi connectivity index (χ0n) is 28.5. The molecule has 0 aliphatic carbocycles. The molecule has 6 rings (SSSR count). The van der Waals surface area contributed by atoms with Gasteiger partial charge in [-0.15, -0.1) is 0 Å². The molecular weight excluding hydrogens is 656 g/mol. The standard InChI is InChI=1S/C44H36O8/c1-48-37-24-14-23-36(44(47)52-30-34-21-12-5-13-22-34)40(37)42(45)41-38(49-27-31-15-6-2-7-16-31)25-35(43(46)51-29-33-19-10-4-11-20-33)26-39(41)50-28-32-17-8-3-9-18-32/h2-26H,27-30H2,1H3. The summed E-state index contributed by atoms with van der Waals surface area (Å²) in [4.78, 5) is 42.1. The third kappa shape index (κ3) is 8.91. The van der Waals surface area contributed by atoms with Crippen LogP contribution in [-0.4, -0.2) is 24.8 Å². The lowest BCUT2D eigenvalue weighted by Crippen LogP contribution is -2.17. The summed E-state index contributed by atoms with van der Waals surface area (Å²) in [7, 11) is 1.41. The molecule has 8 heteroatoms. The van der Waals surface area contributed by atoms with Crippen LogP contribution in [0.3, 0.4) is 0 Å². The molecule has 0 aromatic heterocycles.